The molecule has 0 spiro atoms. The summed E-state index contributed by atoms with van der Waals surface area (Å²) in [6.45, 7) is 0.719. The molecule has 1 atom stereocenters. The highest BCUT2D eigenvalue weighted by molar-refractivity contribution is 7.99. The zero-order valence-corrected chi connectivity index (χ0v) is 10.1. The Bertz CT molecular complexity index is 298. The highest BCUT2D eigenvalue weighted by Gasteiger charge is 2.38. The molecule has 1 N–H and O–H groups in total. The molecule has 0 aromatic rings. The first-order valence-electron chi connectivity index (χ1n) is 5.42. The largest absolute Gasteiger partial charge is 0.481 e. The first-order chi connectivity index (χ1) is 7.59. The van der Waals surface area contributed by atoms with Crippen molar-refractivity contribution >= 4 is 23.8 Å². The van der Waals surface area contributed by atoms with Crippen LogP contribution in [0, 0.1) is 5.92 Å². The van der Waals surface area contributed by atoms with Gasteiger partial charge < -0.3 is 14.9 Å². The van der Waals surface area contributed by atoms with E-state index in [1.807, 2.05) is 18.8 Å². The Morgan fingerprint density at radius 3 is 2.62 bits per heavy atom. The fourth-order valence-corrected chi connectivity index (χ4v) is 3.27. The van der Waals surface area contributed by atoms with Crippen LogP contribution in [0.25, 0.3) is 0 Å². The van der Waals surface area contributed by atoms with E-state index in [0.717, 1.165) is 17.9 Å². The van der Waals surface area contributed by atoms with Gasteiger partial charge >= 0.3 is 12.0 Å². The van der Waals surface area contributed by atoms with E-state index in [4.69, 9.17) is 5.11 Å². The summed E-state index contributed by atoms with van der Waals surface area (Å²) in [6.07, 6.45) is 1.04. The Hall–Kier alpha value is -0.910. The molecule has 2 saturated heterocycles. The maximum Gasteiger partial charge on any atom is 0.320 e. The van der Waals surface area contributed by atoms with Crippen molar-refractivity contribution in [2.24, 2.45) is 5.92 Å². The molecule has 0 radical (unpaired) electrons. The van der Waals surface area contributed by atoms with Gasteiger partial charge in [0.1, 0.15) is 0 Å². The van der Waals surface area contributed by atoms with Gasteiger partial charge in [-0.3, -0.25) is 4.79 Å². The van der Waals surface area contributed by atoms with Gasteiger partial charge in [0, 0.05) is 31.9 Å². The van der Waals surface area contributed by atoms with Gasteiger partial charge in [-0.05, 0) is 12.2 Å². The highest BCUT2D eigenvalue weighted by atomic mass is 32.2. The molecule has 2 rings (SSSR count). The Kier molecular flexibility index (Phi) is 3.28. The summed E-state index contributed by atoms with van der Waals surface area (Å²) in [6, 6.07) is 0.298. The number of carbonyl (C=O) groups is 2. The maximum atomic E-state index is 11.9. The van der Waals surface area contributed by atoms with Crippen LogP contribution in [-0.2, 0) is 4.79 Å². The van der Waals surface area contributed by atoms with Crippen molar-refractivity contribution in [2.75, 3.05) is 31.6 Å². The lowest BCUT2D eigenvalue weighted by Crippen LogP contribution is -2.57. The number of carboxylic acid groups (broad SMARTS) is 1. The summed E-state index contributed by atoms with van der Waals surface area (Å²) >= 11 is 1.86. The van der Waals surface area contributed by atoms with Gasteiger partial charge in [-0.25, -0.2) is 4.79 Å². The third-order valence-electron chi connectivity index (χ3n) is 3.26. The topological polar surface area (TPSA) is 60.9 Å². The van der Waals surface area contributed by atoms with Crippen LogP contribution in [0.5, 0.6) is 0 Å². The zero-order chi connectivity index (χ0) is 11.7. The van der Waals surface area contributed by atoms with Crippen molar-refractivity contribution in [3.8, 4) is 0 Å². The van der Waals surface area contributed by atoms with E-state index in [9.17, 15) is 9.59 Å². The minimum absolute atomic E-state index is 0.0231. The first-order valence-corrected chi connectivity index (χ1v) is 6.57. The number of thioether (sulfide) groups is 1. The molecule has 0 saturated carbocycles. The number of aliphatic carboxylic acids is 1. The monoisotopic (exact) mass is 244 g/mol. The summed E-state index contributed by atoms with van der Waals surface area (Å²) in [5.41, 5.74) is 0. The summed E-state index contributed by atoms with van der Waals surface area (Å²) in [7, 11) is 1.81. The third kappa shape index (κ3) is 2.11. The summed E-state index contributed by atoms with van der Waals surface area (Å²) in [5.74, 6) is 0.941. The Morgan fingerprint density at radius 2 is 2.12 bits per heavy atom. The smallest absolute Gasteiger partial charge is 0.320 e. The number of hydrogen-bond acceptors (Lipinski definition) is 3. The van der Waals surface area contributed by atoms with Gasteiger partial charge in [0.2, 0.25) is 0 Å². The lowest BCUT2D eigenvalue weighted by Gasteiger charge is -2.40. The molecule has 5 nitrogen and oxygen atoms in total. The van der Waals surface area contributed by atoms with E-state index >= 15 is 0 Å². The minimum Gasteiger partial charge on any atom is -0.481 e. The number of carboxylic acids is 1. The average Bonchev–Trinajstić information content (AvgIpc) is 2.65. The SMILES string of the molecule is CN(C(=O)N1CC(C(=O)O)C1)C1CCSC1. The number of hydrogen-bond donors (Lipinski definition) is 1. The zero-order valence-electron chi connectivity index (χ0n) is 9.26. The maximum absolute atomic E-state index is 11.9. The molecule has 0 bridgehead atoms. The lowest BCUT2D eigenvalue weighted by molar-refractivity contribution is -0.146. The van der Waals surface area contributed by atoms with E-state index in [-0.39, 0.29) is 11.9 Å². The summed E-state index contributed by atoms with van der Waals surface area (Å²) in [5, 5.41) is 8.73. The quantitative estimate of drug-likeness (QED) is 0.771. The van der Waals surface area contributed by atoms with E-state index in [0.29, 0.717) is 19.1 Å². The second-order valence-electron chi connectivity index (χ2n) is 4.35. The molecule has 0 aromatic heterocycles. The first kappa shape index (κ1) is 11.6. The average molecular weight is 244 g/mol. The fraction of sp³-hybridized carbons (Fsp3) is 0.800. The highest BCUT2D eigenvalue weighted by Crippen LogP contribution is 2.24. The molecule has 0 aromatic carbocycles. The Balaban J connectivity index is 1.82. The fourth-order valence-electron chi connectivity index (χ4n) is 2.00. The van der Waals surface area contributed by atoms with E-state index in [1.54, 1.807) is 9.80 Å². The number of likely N-dealkylation sites (tertiary alicyclic amines) is 1. The van der Waals surface area contributed by atoms with Crippen LogP contribution in [0.2, 0.25) is 0 Å². The standard InChI is InChI=1S/C10H16N2O3S/c1-11(8-2-3-16-6-8)10(15)12-4-7(5-12)9(13)14/h7-8H,2-6H2,1H3,(H,13,14). The van der Waals surface area contributed by atoms with Gasteiger partial charge in [-0.15, -0.1) is 0 Å². The van der Waals surface area contributed by atoms with Crippen LogP contribution >= 0.6 is 11.8 Å². The molecule has 6 heteroatoms. The van der Waals surface area contributed by atoms with Crippen molar-refractivity contribution in [3.05, 3.63) is 0 Å². The van der Waals surface area contributed by atoms with Gasteiger partial charge in [-0.1, -0.05) is 0 Å². The summed E-state index contributed by atoms with van der Waals surface area (Å²) in [4.78, 5) is 25.9. The van der Waals surface area contributed by atoms with Crippen LogP contribution in [0.15, 0.2) is 0 Å². The molecular weight excluding hydrogens is 228 g/mol. The molecule has 2 aliphatic heterocycles. The predicted molar refractivity (Wildman–Crippen MR) is 61.6 cm³/mol. The number of amides is 2. The van der Waals surface area contributed by atoms with Crippen LogP contribution in [0.4, 0.5) is 4.79 Å². The molecule has 2 heterocycles. The van der Waals surface area contributed by atoms with E-state index in [2.05, 4.69) is 0 Å². The number of urea groups is 1. The second kappa shape index (κ2) is 4.53. The molecule has 0 aliphatic carbocycles. The van der Waals surface area contributed by atoms with Crippen molar-refractivity contribution in [2.45, 2.75) is 12.5 Å². The molecule has 2 aliphatic rings. The molecule has 16 heavy (non-hydrogen) atoms. The van der Waals surface area contributed by atoms with Gasteiger partial charge in [0.05, 0.1) is 5.92 Å². The number of nitrogens with zero attached hydrogens (tertiary/aromatic N) is 2. The van der Waals surface area contributed by atoms with Crippen LogP contribution < -0.4 is 0 Å². The normalized spacial score (nSPS) is 25.3. The lowest BCUT2D eigenvalue weighted by atomic mass is 10.0. The minimum atomic E-state index is -0.803. The predicted octanol–water partition coefficient (Wildman–Crippen LogP) is 0.560. The molecule has 2 amide bonds. The van der Waals surface area contributed by atoms with E-state index in [1.165, 1.54) is 0 Å². The van der Waals surface area contributed by atoms with Crippen molar-refractivity contribution < 1.29 is 14.7 Å². The number of carbonyl (C=O) groups excluding carboxylic acids is 1. The molecule has 1 unspecified atom stereocenters. The van der Waals surface area contributed by atoms with Gasteiger partial charge in [0.15, 0.2) is 0 Å². The van der Waals surface area contributed by atoms with Crippen molar-refractivity contribution in [1.29, 1.82) is 0 Å². The van der Waals surface area contributed by atoms with Gasteiger partial charge in [-0.2, -0.15) is 11.8 Å². The van der Waals surface area contributed by atoms with E-state index < -0.39 is 5.97 Å². The summed E-state index contributed by atoms with van der Waals surface area (Å²) < 4.78 is 0. The second-order valence-corrected chi connectivity index (χ2v) is 5.50. The molecule has 2 fully saturated rings. The number of rotatable bonds is 2. The van der Waals surface area contributed by atoms with Crippen LogP contribution in [-0.4, -0.2) is 64.6 Å². The van der Waals surface area contributed by atoms with Crippen molar-refractivity contribution in [3.63, 3.8) is 0 Å². The van der Waals surface area contributed by atoms with Gasteiger partial charge in [0.25, 0.3) is 0 Å². The van der Waals surface area contributed by atoms with Crippen molar-refractivity contribution in [1.82, 2.24) is 9.80 Å². The molecular formula is C10H16N2O3S. The van der Waals surface area contributed by atoms with Crippen LogP contribution in [0.1, 0.15) is 6.42 Å². The third-order valence-corrected chi connectivity index (χ3v) is 4.40. The Labute approximate surface area is 98.8 Å². The molecule has 90 valence electrons. The van der Waals surface area contributed by atoms with Crippen LogP contribution in [0.3, 0.4) is 0 Å². The Morgan fingerprint density at radius 1 is 1.44 bits per heavy atom.